The molecule has 0 radical (unpaired) electrons. The lowest BCUT2D eigenvalue weighted by Gasteiger charge is -2.04. The Bertz CT molecular complexity index is 750. The molecule has 0 fully saturated rings. The van der Waals surface area contributed by atoms with Crippen LogP contribution in [-0.2, 0) is 0 Å². The summed E-state index contributed by atoms with van der Waals surface area (Å²) in [7, 11) is 0. The summed E-state index contributed by atoms with van der Waals surface area (Å²) < 4.78 is 2.18. The van der Waals surface area contributed by atoms with E-state index in [9.17, 15) is 0 Å². The van der Waals surface area contributed by atoms with Gasteiger partial charge in [0.25, 0.3) is 0 Å². The first kappa shape index (κ1) is 13.4. The van der Waals surface area contributed by atoms with Crippen molar-refractivity contribution in [2.75, 3.05) is 0 Å². The SMILES string of the molecule is Cc1ccc(N=Cc2cc(C)n(-c3ccccc3)c2)cc1. The molecule has 0 spiro atoms. The van der Waals surface area contributed by atoms with Crippen LogP contribution in [0, 0.1) is 13.8 Å². The van der Waals surface area contributed by atoms with E-state index in [0.29, 0.717) is 0 Å². The number of benzene rings is 2. The third kappa shape index (κ3) is 3.11. The van der Waals surface area contributed by atoms with Gasteiger partial charge in [0.15, 0.2) is 0 Å². The Hall–Kier alpha value is -2.61. The van der Waals surface area contributed by atoms with Gasteiger partial charge in [-0.05, 0) is 44.2 Å². The second-order valence-electron chi connectivity index (χ2n) is 5.21. The van der Waals surface area contributed by atoms with Gasteiger partial charge < -0.3 is 4.57 Å². The van der Waals surface area contributed by atoms with Gasteiger partial charge in [-0.1, -0.05) is 35.9 Å². The van der Waals surface area contributed by atoms with Gasteiger partial charge in [0.2, 0.25) is 0 Å². The van der Waals surface area contributed by atoms with Crippen LogP contribution in [0.4, 0.5) is 5.69 Å². The van der Waals surface area contributed by atoms with Crippen LogP contribution >= 0.6 is 0 Å². The van der Waals surface area contributed by atoms with Crippen molar-refractivity contribution in [3.63, 3.8) is 0 Å². The van der Waals surface area contributed by atoms with Gasteiger partial charge in [-0.15, -0.1) is 0 Å². The minimum Gasteiger partial charge on any atom is -0.321 e. The van der Waals surface area contributed by atoms with Gasteiger partial charge in [0.1, 0.15) is 0 Å². The minimum absolute atomic E-state index is 0.978. The summed E-state index contributed by atoms with van der Waals surface area (Å²) in [4.78, 5) is 4.53. The molecule has 1 aromatic heterocycles. The Labute approximate surface area is 125 Å². The van der Waals surface area contributed by atoms with Crippen LogP contribution in [0.1, 0.15) is 16.8 Å². The molecule has 2 heteroatoms. The van der Waals surface area contributed by atoms with E-state index >= 15 is 0 Å². The monoisotopic (exact) mass is 274 g/mol. The normalized spacial score (nSPS) is 11.1. The highest BCUT2D eigenvalue weighted by Gasteiger charge is 2.02. The second-order valence-corrected chi connectivity index (χ2v) is 5.21. The second kappa shape index (κ2) is 5.80. The van der Waals surface area contributed by atoms with Crippen molar-refractivity contribution >= 4 is 11.9 Å². The van der Waals surface area contributed by atoms with E-state index < -0.39 is 0 Å². The highest BCUT2D eigenvalue weighted by atomic mass is 15.0. The number of nitrogens with zero attached hydrogens (tertiary/aromatic N) is 2. The van der Waals surface area contributed by atoms with Crippen LogP contribution in [0.25, 0.3) is 5.69 Å². The Morgan fingerprint density at radius 2 is 1.62 bits per heavy atom. The summed E-state index contributed by atoms with van der Waals surface area (Å²) in [5.41, 5.74) is 5.71. The van der Waals surface area contributed by atoms with Crippen molar-refractivity contribution in [3.8, 4) is 5.69 Å². The smallest absolute Gasteiger partial charge is 0.0630 e. The number of aromatic nitrogens is 1. The highest BCUT2D eigenvalue weighted by molar-refractivity contribution is 5.82. The molecule has 104 valence electrons. The molecule has 0 aliphatic heterocycles. The first-order chi connectivity index (χ1) is 10.2. The molecule has 0 atom stereocenters. The van der Waals surface area contributed by atoms with Crippen LogP contribution in [0.5, 0.6) is 0 Å². The summed E-state index contributed by atoms with van der Waals surface area (Å²) in [5.74, 6) is 0. The minimum atomic E-state index is 0.978. The molecule has 1 heterocycles. The summed E-state index contributed by atoms with van der Waals surface area (Å²) in [6.45, 7) is 4.19. The summed E-state index contributed by atoms with van der Waals surface area (Å²) >= 11 is 0. The van der Waals surface area contributed by atoms with Crippen molar-refractivity contribution in [2.24, 2.45) is 4.99 Å². The van der Waals surface area contributed by atoms with Crippen LogP contribution in [-0.4, -0.2) is 10.8 Å². The number of hydrogen-bond donors (Lipinski definition) is 0. The van der Waals surface area contributed by atoms with E-state index in [1.807, 2.05) is 24.4 Å². The van der Waals surface area contributed by atoms with E-state index in [2.05, 4.69) is 72.1 Å². The van der Waals surface area contributed by atoms with Crippen LogP contribution in [0.15, 0.2) is 71.9 Å². The molecule has 2 nitrogen and oxygen atoms in total. The van der Waals surface area contributed by atoms with Crippen molar-refractivity contribution in [3.05, 3.63) is 83.7 Å². The van der Waals surface area contributed by atoms with Crippen molar-refractivity contribution in [1.29, 1.82) is 0 Å². The number of rotatable bonds is 3. The zero-order valence-corrected chi connectivity index (χ0v) is 12.3. The fourth-order valence-corrected chi connectivity index (χ4v) is 2.32. The average Bonchev–Trinajstić information content (AvgIpc) is 2.89. The predicted octanol–water partition coefficient (Wildman–Crippen LogP) is 4.84. The molecule has 0 saturated carbocycles. The molecular formula is C19H18N2. The third-order valence-corrected chi connectivity index (χ3v) is 3.46. The zero-order chi connectivity index (χ0) is 14.7. The number of hydrogen-bond acceptors (Lipinski definition) is 1. The highest BCUT2D eigenvalue weighted by Crippen LogP contribution is 2.16. The van der Waals surface area contributed by atoms with Gasteiger partial charge in [0, 0.05) is 29.4 Å². The quantitative estimate of drug-likeness (QED) is 0.608. The molecule has 0 aliphatic rings. The fourth-order valence-electron chi connectivity index (χ4n) is 2.32. The van der Waals surface area contributed by atoms with Gasteiger partial charge in [0.05, 0.1) is 5.69 Å². The van der Waals surface area contributed by atoms with Gasteiger partial charge in [-0.2, -0.15) is 0 Å². The maximum atomic E-state index is 4.53. The lowest BCUT2D eigenvalue weighted by atomic mass is 10.2. The summed E-state index contributed by atoms with van der Waals surface area (Å²) in [6.07, 6.45) is 4.03. The molecule has 0 N–H and O–H groups in total. The number of aliphatic imine (C=N–C) groups is 1. The van der Waals surface area contributed by atoms with Gasteiger partial charge in [-0.25, -0.2) is 0 Å². The molecule has 0 saturated heterocycles. The predicted molar refractivity (Wildman–Crippen MR) is 88.9 cm³/mol. The van der Waals surface area contributed by atoms with Gasteiger partial charge in [-0.3, -0.25) is 4.99 Å². The maximum absolute atomic E-state index is 4.53. The molecule has 0 aliphatic carbocycles. The molecule has 21 heavy (non-hydrogen) atoms. The van der Waals surface area contributed by atoms with E-state index in [4.69, 9.17) is 0 Å². The Morgan fingerprint density at radius 1 is 0.905 bits per heavy atom. The number of aryl methyl sites for hydroxylation is 2. The van der Waals surface area contributed by atoms with E-state index in [1.165, 1.54) is 16.9 Å². The van der Waals surface area contributed by atoms with E-state index in [1.54, 1.807) is 0 Å². The first-order valence-corrected chi connectivity index (χ1v) is 7.07. The maximum Gasteiger partial charge on any atom is 0.0630 e. The molecule has 0 bridgehead atoms. The molecule has 2 aromatic carbocycles. The van der Waals surface area contributed by atoms with Crippen molar-refractivity contribution in [1.82, 2.24) is 4.57 Å². The van der Waals surface area contributed by atoms with Crippen molar-refractivity contribution in [2.45, 2.75) is 13.8 Å². The van der Waals surface area contributed by atoms with Crippen molar-refractivity contribution < 1.29 is 0 Å². The summed E-state index contributed by atoms with van der Waals surface area (Å²) in [5, 5.41) is 0. The third-order valence-electron chi connectivity index (χ3n) is 3.46. The van der Waals surface area contributed by atoms with Crippen LogP contribution < -0.4 is 0 Å². The van der Waals surface area contributed by atoms with Crippen LogP contribution in [0.3, 0.4) is 0 Å². The van der Waals surface area contributed by atoms with E-state index in [-0.39, 0.29) is 0 Å². The molecule has 0 unspecified atom stereocenters. The Morgan fingerprint density at radius 3 is 2.33 bits per heavy atom. The van der Waals surface area contributed by atoms with Gasteiger partial charge >= 0.3 is 0 Å². The fraction of sp³-hybridized carbons (Fsp3) is 0.105. The topological polar surface area (TPSA) is 17.3 Å². The molecule has 3 rings (SSSR count). The Kier molecular flexibility index (Phi) is 3.69. The van der Waals surface area contributed by atoms with Crippen LogP contribution in [0.2, 0.25) is 0 Å². The zero-order valence-electron chi connectivity index (χ0n) is 12.3. The lowest BCUT2D eigenvalue weighted by Crippen LogP contribution is -1.93. The standard InChI is InChI=1S/C19H18N2/c1-15-8-10-18(11-9-15)20-13-17-12-16(2)21(14-17)19-6-4-3-5-7-19/h3-14H,1-2H3. The Balaban J connectivity index is 1.86. The molecule has 0 amide bonds. The average molecular weight is 274 g/mol. The molecular weight excluding hydrogens is 256 g/mol. The lowest BCUT2D eigenvalue weighted by molar-refractivity contribution is 1.02. The first-order valence-electron chi connectivity index (χ1n) is 7.07. The molecule has 3 aromatic rings. The number of para-hydroxylation sites is 1. The summed E-state index contributed by atoms with van der Waals surface area (Å²) in [6, 6.07) is 20.7. The van der Waals surface area contributed by atoms with E-state index in [0.717, 1.165) is 11.3 Å². The largest absolute Gasteiger partial charge is 0.321 e.